The van der Waals surface area contributed by atoms with Gasteiger partial charge in [0.15, 0.2) is 0 Å². The topological polar surface area (TPSA) is 82.0 Å². The summed E-state index contributed by atoms with van der Waals surface area (Å²) in [5.74, 6) is -0.127. The SMILES string of the molecule is CCOC(=O)CCCCCCNC1c2ccc(Cl)cc2S(O)(O)N(C)c2ccsc21. The van der Waals surface area contributed by atoms with Gasteiger partial charge in [-0.1, -0.05) is 41.3 Å². The molecule has 6 nitrogen and oxygen atoms in total. The summed E-state index contributed by atoms with van der Waals surface area (Å²) in [5, 5.41) is 6.05. The lowest BCUT2D eigenvalue weighted by Gasteiger charge is -2.41. The minimum atomic E-state index is -3.18. The second kappa shape index (κ2) is 10.3. The average Bonchev–Trinajstić information content (AvgIpc) is 3.17. The van der Waals surface area contributed by atoms with E-state index in [4.69, 9.17) is 16.3 Å². The monoisotopic (exact) mass is 472 g/mol. The predicted octanol–water partition coefficient (Wildman–Crippen LogP) is 6.07. The zero-order chi connectivity index (χ0) is 21.7. The zero-order valence-electron chi connectivity index (χ0n) is 17.3. The number of carbonyl (C=O) groups is 1. The van der Waals surface area contributed by atoms with E-state index < -0.39 is 10.8 Å². The van der Waals surface area contributed by atoms with Gasteiger partial charge in [0.1, 0.15) is 0 Å². The third-order valence-corrected chi connectivity index (χ3v) is 8.31. The number of thiophene rings is 1. The molecule has 1 aromatic heterocycles. The lowest BCUT2D eigenvalue weighted by Crippen LogP contribution is -2.23. The van der Waals surface area contributed by atoms with Gasteiger partial charge < -0.3 is 10.1 Å². The fourth-order valence-corrected chi connectivity index (χ4v) is 6.46. The Morgan fingerprint density at radius 2 is 2.03 bits per heavy atom. The predicted molar refractivity (Wildman–Crippen MR) is 125 cm³/mol. The molecule has 1 aliphatic rings. The molecular formula is C21H29ClN2O4S2. The highest BCUT2D eigenvalue weighted by Gasteiger charge is 2.36. The van der Waals surface area contributed by atoms with E-state index in [9.17, 15) is 13.9 Å². The van der Waals surface area contributed by atoms with Gasteiger partial charge in [0.2, 0.25) is 0 Å². The lowest BCUT2D eigenvalue weighted by atomic mass is 10.0. The van der Waals surface area contributed by atoms with Gasteiger partial charge >= 0.3 is 5.97 Å². The molecule has 0 aliphatic carbocycles. The number of ether oxygens (including phenoxy) is 1. The van der Waals surface area contributed by atoms with E-state index in [-0.39, 0.29) is 12.0 Å². The van der Waals surface area contributed by atoms with Crippen molar-refractivity contribution >= 4 is 45.4 Å². The van der Waals surface area contributed by atoms with E-state index in [1.807, 2.05) is 24.4 Å². The molecule has 30 heavy (non-hydrogen) atoms. The van der Waals surface area contributed by atoms with Crippen LogP contribution in [0, 0.1) is 0 Å². The molecule has 0 fully saturated rings. The Kier molecular flexibility index (Phi) is 8.06. The maximum absolute atomic E-state index is 11.4. The van der Waals surface area contributed by atoms with E-state index in [1.54, 1.807) is 34.8 Å². The van der Waals surface area contributed by atoms with Crippen LogP contribution in [-0.4, -0.2) is 35.3 Å². The molecule has 0 saturated carbocycles. The normalized spacial score (nSPS) is 18.3. The Morgan fingerprint density at radius 1 is 1.27 bits per heavy atom. The van der Waals surface area contributed by atoms with Crippen molar-refractivity contribution in [3.05, 3.63) is 45.1 Å². The van der Waals surface area contributed by atoms with Crippen molar-refractivity contribution in [1.82, 2.24) is 5.32 Å². The number of hydrogen-bond donors (Lipinski definition) is 3. The van der Waals surface area contributed by atoms with E-state index in [0.717, 1.165) is 48.4 Å². The summed E-state index contributed by atoms with van der Waals surface area (Å²) < 4.78 is 28.5. The minimum absolute atomic E-state index is 0.127. The first-order chi connectivity index (χ1) is 14.4. The number of nitrogens with one attached hydrogen (secondary N) is 1. The van der Waals surface area contributed by atoms with Gasteiger partial charge in [-0.25, -0.2) is 0 Å². The van der Waals surface area contributed by atoms with Crippen LogP contribution < -0.4 is 9.62 Å². The van der Waals surface area contributed by atoms with Crippen LogP contribution in [0.25, 0.3) is 0 Å². The number of esters is 1. The van der Waals surface area contributed by atoms with Crippen molar-refractivity contribution in [2.24, 2.45) is 0 Å². The summed E-state index contributed by atoms with van der Waals surface area (Å²) in [7, 11) is -1.47. The van der Waals surface area contributed by atoms with Gasteiger partial charge in [-0.3, -0.25) is 18.2 Å². The fourth-order valence-electron chi connectivity index (χ4n) is 3.63. The van der Waals surface area contributed by atoms with Gasteiger partial charge in [-0.15, -0.1) is 11.3 Å². The fraction of sp³-hybridized carbons (Fsp3) is 0.476. The van der Waals surface area contributed by atoms with Crippen LogP contribution in [0.4, 0.5) is 5.69 Å². The molecule has 1 aliphatic heterocycles. The van der Waals surface area contributed by atoms with Gasteiger partial charge in [0, 0.05) is 18.5 Å². The maximum atomic E-state index is 11.4. The van der Waals surface area contributed by atoms with Crippen LogP contribution in [0.3, 0.4) is 0 Å². The number of rotatable bonds is 9. The average molecular weight is 473 g/mol. The molecule has 2 aromatic rings. The Bertz CT molecular complexity index is 874. The number of unbranched alkanes of at least 4 members (excludes halogenated alkanes) is 3. The van der Waals surface area contributed by atoms with Crippen LogP contribution >= 0.6 is 33.7 Å². The van der Waals surface area contributed by atoms with Gasteiger partial charge in [-0.05, 0) is 55.5 Å². The molecule has 166 valence electrons. The van der Waals surface area contributed by atoms with Crippen LogP contribution in [-0.2, 0) is 9.53 Å². The number of nitrogens with zero attached hydrogens (tertiary/aromatic N) is 1. The standard InChI is InChI=1S/C21H29ClN2O4S2/c1-3-28-19(25)8-6-4-5-7-12-23-20-16-10-9-15(22)14-18(16)30(26,27)24(2)17-11-13-29-21(17)20/h9-11,13-14,20,23,26-27H,3-8,12H2,1-2H3. The summed E-state index contributed by atoms with van der Waals surface area (Å²) >= 11 is 7.78. The second-order valence-corrected chi connectivity index (χ2v) is 10.6. The summed E-state index contributed by atoms with van der Waals surface area (Å²) in [6, 6.07) is 7.11. The molecular weight excluding hydrogens is 444 g/mol. The number of fused-ring (bicyclic) bond motifs is 2. The molecule has 3 rings (SSSR count). The third kappa shape index (κ3) is 5.12. The summed E-state index contributed by atoms with van der Waals surface area (Å²) in [6.07, 6.45) is 4.27. The van der Waals surface area contributed by atoms with Gasteiger partial charge in [-0.2, -0.15) is 0 Å². The molecule has 1 atom stereocenters. The second-order valence-electron chi connectivity index (χ2n) is 7.22. The molecule has 0 spiro atoms. The Labute approximate surface area is 188 Å². The quantitative estimate of drug-likeness (QED) is 0.303. The van der Waals surface area contributed by atoms with Crippen molar-refractivity contribution in [2.45, 2.75) is 50.0 Å². The number of benzene rings is 1. The molecule has 0 saturated heterocycles. The highest BCUT2D eigenvalue weighted by atomic mass is 35.5. The van der Waals surface area contributed by atoms with Crippen molar-refractivity contribution < 1.29 is 18.6 Å². The van der Waals surface area contributed by atoms with E-state index in [2.05, 4.69) is 5.32 Å². The smallest absolute Gasteiger partial charge is 0.305 e. The summed E-state index contributed by atoms with van der Waals surface area (Å²) in [4.78, 5) is 12.9. The lowest BCUT2D eigenvalue weighted by molar-refractivity contribution is -0.143. The number of hydrogen-bond acceptors (Lipinski definition) is 7. The van der Waals surface area contributed by atoms with Crippen molar-refractivity contribution in [3.8, 4) is 0 Å². The number of anilines is 1. The van der Waals surface area contributed by atoms with Gasteiger partial charge in [0.05, 0.1) is 28.1 Å². The zero-order valence-corrected chi connectivity index (χ0v) is 19.7. The third-order valence-electron chi connectivity index (χ3n) is 5.20. The molecule has 9 heteroatoms. The number of halogens is 1. The van der Waals surface area contributed by atoms with Crippen molar-refractivity contribution in [3.63, 3.8) is 0 Å². The highest BCUT2D eigenvalue weighted by molar-refractivity contribution is 8.25. The van der Waals surface area contributed by atoms with E-state index in [1.165, 1.54) is 0 Å². The molecule has 0 bridgehead atoms. The maximum Gasteiger partial charge on any atom is 0.305 e. The van der Waals surface area contributed by atoms with Crippen LogP contribution in [0.1, 0.15) is 55.5 Å². The highest BCUT2D eigenvalue weighted by Crippen LogP contribution is 2.60. The number of carbonyl (C=O) groups excluding carboxylic acids is 1. The Morgan fingerprint density at radius 3 is 2.80 bits per heavy atom. The molecule has 0 amide bonds. The first kappa shape index (κ1) is 23.4. The Balaban J connectivity index is 1.67. The molecule has 1 unspecified atom stereocenters. The first-order valence-corrected chi connectivity index (χ1v) is 12.9. The van der Waals surface area contributed by atoms with Crippen LogP contribution in [0.2, 0.25) is 5.02 Å². The minimum Gasteiger partial charge on any atom is -0.466 e. The molecule has 1 aromatic carbocycles. The van der Waals surface area contributed by atoms with Crippen molar-refractivity contribution in [2.75, 3.05) is 24.5 Å². The Hall–Kier alpha value is -1.29. The molecule has 0 radical (unpaired) electrons. The summed E-state index contributed by atoms with van der Waals surface area (Å²) in [6.45, 7) is 3.03. The van der Waals surface area contributed by atoms with Crippen LogP contribution in [0.5, 0.6) is 0 Å². The molecule has 3 N–H and O–H groups in total. The van der Waals surface area contributed by atoms with E-state index >= 15 is 0 Å². The first-order valence-electron chi connectivity index (χ1n) is 10.1. The van der Waals surface area contributed by atoms with Crippen LogP contribution in [0.15, 0.2) is 34.5 Å². The summed E-state index contributed by atoms with van der Waals surface area (Å²) in [5.41, 5.74) is 1.66. The van der Waals surface area contributed by atoms with Gasteiger partial charge in [0.25, 0.3) is 0 Å². The van der Waals surface area contributed by atoms with Crippen molar-refractivity contribution in [1.29, 1.82) is 0 Å². The molecule has 2 heterocycles. The van der Waals surface area contributed by atoms with E-state index in [0.29, 0.717) is 22.9 Å². The largest absolute Gasteiger partial charge is 0.466 e.